The number of fused-ring (bicyclic) bond motifs is 1. The van der Waals surface area contributed by atoms with Crippen molar-refractivity contribution in [2.45, 2.75) is 6.61 Å². The van der Waals surface area contributed by atoms with Gasteiger partial charge in [-0.1, -0.05) is 29.5 Å². The molecule has 1 aromatic heterocycles. The molecule has 1 amide bonds. The van der Waals surface area contributed by atoms with Gasteiger partial charge in [0.05, 0.1) is 30.5 Å². The van der Waals surface area contributed by atoms with Gasteiger partial charge >= 0.3 is 6.61 Å². The summed E-state index contributed by atoms with van der Waals surface area (Å²) in [6.07, 6.45) is 2.97. The normalized spacial score (nSPS) is 11.4. The Labute approximate surface area is 176 Å². The third-order valence-corrected chi connectivity index (χ3v) is 5.18. The molecule has 0 unspecified atom stereocenters. The fourth-order valence-electron chi connectivity index (χ4n) is 2.70. The highest BCUT2D eigenvalue weighted by molar-refractivity contribution is 7.22. The summed E-state index contributed by atoms with van der Waals surface area (Å²) in [6, 6.07) is 12.1. The van der Waals surface area contributed by atoms with Gasteiger partial charge in [-0.3, -0.25) is 9.69 Å². The monoisotopic (exact) mass is 434 g/mol. The van der Waals surface area contributed by atoms with E-state index in [2.05, 4.69) is 9.72 Å². The zero-order valence-corrected chi connectivity index (χ0v) is 17.2. The molecule has 9 heteroatoms. The first-order chi connectivity index (χ1) is 14.5. The summed E-state index contributed by atoms with van der Waals surface area (Å²) in [4.78, 5) is 18.9. The number of nitrogens with zero attached hydrogens (tertiary/aromatic N) is 2. The van der Waals surface area contributed by atoms with Crippen LogP contribution in [0.3, 0.4) is 0 Å². The van der Waals surface area contributed by atoms with Gasteiger partial charge in [0.2, 0.25) is 0 Å². The minimum absolute atomic E-state index is 0.0767. The Bertz CT molecular complexity index is 1010. The molecule has 0 N–H and O–H groups in total. The molecule has 0 atom stereocenters. The van der Waals surface area contributed by atoms with Crippen molar-refractivity contribution in [2.75, 3.05) is 32.3 Å². The fourth-order valence-corrected chi connectivity index (χ4v) is 3.69. The van der Waals surface area contributed by atoms with Crippen LogP contribution in [-0.2, 0) is 9.53 Å². The van der Waals surface area contributed by atoms with Crippen LogP contribution >= 0.6 is 11.3 Å². The number of methoxy groups -OCH3 is 2. The number of thiazole rings is 1. The largest absolute Gasteiger partial charge is 0.493 e. The molecule has 2 aromatic carbocycles. The number of para-hydroxylation sites is 1. The number of amides is 1. The minimum Gasteiger partial charge on any atom is -0.493 e. The molecule has 6 nitrogen and oxygen atoms in total. The Hall–Kier alpha value is -3.04. The van der Waals surface area contributed by atoms with E-state index in [9.17, 15) is 13.6 Å². The molecule has 0 saturated heterocycles. The molecule has 0 spiro atoms. The van der Waals surface area contributed by atoms with Crippen LogP contribution in [0.1, 0.15) is 5.56 Å². The standard InChI is InChI=1S/C21H20F2N2O4S/c1-27-12-11-25(21-24-15-5-3-4-6-18(15)30-21)19(26)10-8-14-7-9-16(29-20(22)23)17(13-14)28-2/h3-10,13,20H,11-12H2,1-2H3/b10-8+. The molecule has 3 aromatic rings. The van der Waals surface area contributed by atoms with Crippen LogP contribution < -0.4 is 14.4 Å². The van der Waals surface area contributed by atoms with Crippen LogP contribution in [0.4, 0.5) is 13.9 Å². The van der Waals surface area contributed by atoms with Crippen molar-refractivity contribution in [3.8, 4) is 11.5 Å². The number of carbonyl (C=O) groups excluding carboxylic acids is 1. The lowest BCUT2D eigenvalue weighted by Gasteiger charge is -2.17. The fraction of sp³-hybridized carbons (Fsp3) is 0.238. The van der Waals surface area contributed by atoms with Gasteiger partial charge in [0, 0.05) is 13.2 Å². The van der Waals surface area contributed by atoms with E-state index in [0.29, 0.717) is 23.8 Å². The van der Waals surface area contributed by atoms with E-state index in [1.54, 1.807) is 19.3 Å². The Morgan fingerprint density at radius 1 is 1.20 bits per heavy atom. The van der Waals surface area contributed by atoms with Crippen molar-refractivity contribution in [3.05, 3.63) is 54.1 Å². The first-order valence-corrected chi connectivity index (χ1v) is 9.80. The third-order valence-electron chi connectivity index (χ3n) is 4.12. The van der Waals surface area contributed by atoms with Gasteiger partial charge in [0.25, 0.3) is 5.91 Å². The Morgan fingerprint density at radius 2 is 2.00 bits per heavy atom. The SMILES string of the molecule is COCCN(C(=O)/C=C/c1ccc(OC(F)F)c(OC)c1)c1nc2ccccc2s1. The zero-order valence-electron chi connectivity index (χ0n) is 16.4. The molecule has 0 fully saturated rings. The number of hydrogen-bond acceptors (Lipinski definition) is 6. The molecule has 0 aliphatic rings. The number of benzene rings is 2. The highest BCUT2D eigenvalue weighted by Gasteiger charge is 2.18. The minimum atomic E-state index is -2.95. The van der Waals surface area contributed by atoms with E-state index >= 15 is 0 Å². The summed E-state index contributed by atoms with van der Waals surface area (Å²) in [5, 5.41) is 0.571. The summed E-state index contributed by atoms with van der Waals surface area (Å²) in [5.74, 6) is -0.211. The second kappa shape index (κ2) is 10.1. The quantitative estimate of drug-likeness (QED) is 0.461. The predicted octanol–water partition coefficient (Wildman–Crippen LogP) is 4.60. The van der Waals surface area contributed by atoms with Crippen molar-refractivity contribution < 1.29 is 27.8 Å². The van der Waals surface area contributed by atoms with Crippen LogP contribution in [0.25, 0.3) is 16.3 Å². The first kappa shape index (κ1) is 21.7. The van der Waals surface area contributed by atoms with Crippen LogP contribution in [0.15, 0.2) is 48.5 Å². The highest BCUT2D eigenvalue weighted by Crippen LogP contribution is 2.31. The van der Waals surface area contributed by atoms with Gasteiger partial charge in [-0.05, 0) is 35.9 Å². The molecule has 0 aliphatic carbocycles. The third kappa shape index (κ3) is 5.31. The van der Waals surface area contributed by atoms with Gasteiger partial charge in [-0.15, -0.1) is 0 Å². The van der Waals surface area contributed by atoms with Gasteiger partial charge in [0.1, 0.15) is 0 Å². The van der Waals surface area contributed by atoms with Crippen molar-refractivity contribution in [1.82, 2.24) is 4.98 Å². The maximum absolute atomic E-state index is 12.9. The second-order valence-electron chi connectivity index (χ2n) is 6.07. The number of anilines is 1. The van der Waals surface area contributed by atoms with Crippen LogP contribution in [0, 0.1) is 0 Å². The smallest absolute Gasteiger partial charge is 0.387 e. The van der Waals surface area contributed by atoms with E-state index in [4.69, 9.17) is 9.47 Å². The van der Waals surface area contributed by atoms with E-state index in [1.165, 1.54) is 41.6 Å². The lowest BCUT2D eigenvalue weighted by Crippen LogP contribution is -2.32. The summed E-state index contributed by atoms with van der Waals surface area (Å²) in [7, 11) is 2.91. The number of halogens is 2. The van der Waals surface area contributed by atoms with Gasteiger partial charge in [0.15, 0.2) is 16.6 Å². The molecule has 1 heterocycles. The van der Waals surface area contributed by atoms with Gasteiger partial charge < -0.3 is 14.2 Å². The average molecular weight is 434 g/mol. The summed E-state index contributed by atoms with van der Waals surface area (Å²) in [6.45, 7) is -2.27. The molecule has 0 aliphatic heterocycles. The number of aromatic nitrogens is 1. The maximum atomic E-state index is 12.9. The number of alkyl halides is 2. The van der Waals surface area contributed by atoms with Crippen LogP contribution in [0.2, 0.25) is 0 Å². The Balaban J connectivity index is 1.82. The summed E-state index contributed by atoms with van der Waals surface area (Å²) < 4.78 is 40.5. The Morgan fingerprint density at radius 3 is 2.70 bits per heavy atom. The molecular formula is C21H20F2N2O4S. The number of carbonyl (C=O) groups is 1. The van der Waals surface area contributed by atoms with Crippen molar-refractivity contribution >= 4 is 38.7 Å². The van der Waals surface area contributed by atoms with E-state index in [-0.39, 0.29) is 17.4 Å². The van der Waals surface area contributed by atoms with Gasteiger partial charge in [-0.25, -0.2) is 4.98 Å². The van der Waals surface area contributed by atoms with Crippen LogP contribution in [0.5, 0.6) is 11.5 Å². The molecule has 30 heavy (non-hydrogen) atoms. The molecule has 0 bridgehead atoms. The van der Waals surface area contributed by atoms with E-state index < -0.39 is 6.61 Å². The number of hydrogen-bond donors (Lipinski definition) is 0. The maximum Gasteiger partial charge on any atom is 0.387 e. The van der Waals surface area contributed by atoms with Crippen molar-refractivity contribution in [2.24, 2.45) is 0 Å². The van der Waals surface area contributed by atoms with Gasteiger partial charge in [-0.2, -0.15) is 8.78 Å². The summed E-state index contributed by atoms with van der Waals surface area (Å²) >= 11 is 1.42. The lowest BCUT2D eigenvalue weighted by atomic mass is 10.2. The summed E-state index contributed by atoms with van der Waals surface area (Å²) in [5.41, 5.74) is 1.41. The zero-order chi connectivity index (χ0) is 21.5. The Kier molecular flexibility index (Phi) is 7.31. The molecule has 0 radical (unpaired) electrons. The van der Waals surface area contributed by atoms with Crippen molar-refractivity contribution in [1.29, 1.82) is 0 Å². The second-order valence-corrected chi connectivity index (χ2v) is 7.08. The van der Waals surface area contributed by atoms with E-state index in [0.717, 1.165) is 10.2 Å². The van der Waals surface area contributed by atoms with Crippen LogP contribution in [-0.4, -0.2) is 44.9 Å². The van der Waals surface area contributed by atoms with E-state index in [1.807, 2.05) is 24.3 Å². The molecule has 0 saturated carbocycles. The molecule has 3 rings (SSSR count). The number of rotatable bonds is 9. The highest BCUT2D eigenvalue weighted by atomic mass is 32.1. The first-order valence-electron chi connectivity index (χ1n) is 8.98. The lowest BCUT2D eigenvalue weighted by molar-refractivity contribution is -0.114. The predicted molar refractivity (Wildman–Crippen MR) is 113 cm³/mol. The average Bonchev–Trinajstić information content (AvgIpc) is 3.16. The number of ether oxygens (including phenoxy) is 3. The topological polar surface area (TPSA) is 60.9 Å². The van der Waals surface area contributed by atoms with Crippen molar-refractivity contribution in [3.63, 3.8) is 0 Å². The molecular weight excluding hydrogens is 414 g/mol. The molecule has 158 valence electrons.